The Kier molecular flexibility index (Phi) is 5.62. The molecule has 0 radical (unpaired) electrons. The summed E-state index contributed by atoms with van der Waals surface area (Å²) in [6.45, 7) is 7.42. The molecule has 2 N–H and O–H groups in total. The highest BCUT2D eigenvalue weighted by Gasteiger charge is 2.25. The average molecular weight is 291 g/mol. The van der Waals surface area contributed by atoms with Gasteiger partial charge in [-0.05, 0) is 40.4 Å². The van der Waals surface area contributed by atoms with E-state index in [1.54, 1.807) is 0 Å². The molecule has 0 amide bonds. The van der Waals surface area contributed by atoms with Crippen LogP contribution in [-0.4, -0.2) is 55.7 Å². The number of rotatable bonds is 5. The smallest absolute Gasteiger partial charge is 0.124 e. The van der Waals surface area contributed by atoms with Gasteiger partial charge in [-0.2, -0.15) is 0 Å². The normalized spacial score (nSPS) is 22.5. The SMILES string of the molecule is CC(C)Oc1ccccc1C(N)CC1CN(C)CCN1C. The first-order chi connectivity index (χ1) is 9.97. The predicted molar refractivity (Wildman–Crippen MR) is 87.7 cm³/mol. The van der Waals surface area contributed by atoms with E-state index in [9.17, 15) is 0 Å². The molecule has 4 heteroatoms. The van der Waals surface area contributed by atoms with Crippen LogP contribution in [-0.2, 0) is 0 Å². The van der Waals surface area contributed by atoms with Crippen molar-refractivity contribution in [2.24, 2.45) is 5.73 Å². The van der Waals surface area contributed by atoms with E-state index in [1.165, 1.54) is 0 Å². The van der Waals surface area contributed by atoms with Crippen LogP contribution in [0, 0.1) is 0 Å². The number of hydrogen-bond donors (Lipinski definition) is 1. The van der Waals surface area contributed by atoms with Crippen LogP contribution in [0.1, 0.15) is 31.9 Å². The highest BCUT2D eigenvalue weighted by atomic mass is 16.5. The summed E-state index contributed by atoms with van der Waals surface area (Å²) >= 11 is 0. The van der Waals surface area contributed by atoms with Crippen LogP contribution in [0.25, 0.3) is 0 Å². The van der Waals surface area contributed by atoms with Gasteiger partial charge < -0.3 is 20.3 Å². The largest absolute Gasteiger partial charge is 0.491 e. The van der Waals surface area contributed by atoms with Crippen LogP contribution in [0.4, 0.5) is 0 Å². The van der Waals surface area contributed by atoms with Crippen molar-refractivity contribution in [3.05, 3.63) is 29.8 Å². The van der Waals surface area contributed by atoms with Gasteiger partial charge in [0.25, 0.3) is 0 Å². The van der Waals surface area contributed by atoms with Crippen molar-refractivity contribution < 1.29 is 4.74 Å². The summed E-state index contributed by atoms with van der Waals surface area (Å²) in [5.41, 5.74) is 7.60. The van der Waals surface area contributed by atoms with Gasteiger partial charge in [-0.3, -0.25) is 0 Å². The quantitative estimate of drug-likeness (QED) is 0.902. The number of benzene rings is 1. The molecule has 0 saturated carbocycles. The van der Waals surface area contributed by atoms with Crippen LogP contribution in [0.2, 0.25) is 0 Å². The molecular weight excluding hydrogens is 262 g/mol. The Morgan fingerprint density at radius 3 is 2.67 bits per heavy atom. The summed E-state index contributed by atoms with van der Waals surface area (Å²) in [6.07, 6.45) is 1.13. The molecule has 1 heterocycles. The maximum atomic E-state index is 6.48. The minimum Gasteiger partial charge on any atom is -0.491 e. The standard InChI is InChI=1S/C17H29N3O/c1-13(2)21-17-8-6-5-7-15(17)16(18)11-14-12-19(3)9-10-20(14)4/h5-8,13-14,16H,9-12,18H2,1-4H3. The van der Waals surface area contributed by atoms with Crippen molar-refractivity contribution in [3.8, 4) is 5.75 Å². The van der Waals surface area contributed by atoms with E-state index < -0.39 is 0 Å². The molecule has 0 aliphatic carbocycles. The van der Waals surface area contributed by atoms with Gasteiger partial charge in [-0.1, -0.05) is 18.2 Å². The van der Waals surface area contributed by atoms with Crippen LogP contribution >= 0.6 is 0 Å². The number of nitrogens with two attached hydrogens (primary N) is 1. The first-order valence-electron chi connectivity index (χ1n) is 7.87. The van der Waals surface area contributed by atoms with Gasteiger partial charge in [0.05, 0.1) is 6.10 Å². The Labute approximate surface area is 128 Å². The van der Waals surface area contributed by atoms with E-state index in [1.807, 2.05) is 32.0 Å². The molecule has 21 heavy (non-hydrogen) atoms. The summed E-state index contributed by atoms with van der Waals surface area (Å²) in [5.74, 6) is 0.923. The minimum absolute atomic E-state index is 0.0129. The fourth-order valence-corrected chi connectivity index (χ4v) is 2.92. The Morgan fingerprint density at radius 1 is 1.24 bits per heavy atom. The van der Waals surface area contributed by atoms with Crippen molar-refractivity contribution in [1.29, 1.82) is 0 Å². The molecule has 1 aliphatic heterocycles. The molecule has 118 valence electrons. The van der Waals surface area contributed by atoms with Crippen molar-refractivity contribution in [2.75, 3.05) is 33.7 Å². The lowest BCUT2D eigenvalue weighted by Crippen LogP contribution is -2.50. The number of para-hydroxylation sites is 1. The lowest BCUT2D eigenvalue weighted by Gasteiger charge is -2.39. The lowest BCUT2D eigenvalue weighted by molar-refractivity contribution is 0.104. The zero-order chi connectivity index (χ0) is 15.4. The second-order valence-electron chi connectivity index (χ2n) is 6.44. The summed E-state index contributed by atoms with van der Waals surface area (Å²) in [5, 5.41) is 0. The molecule has 1 fully saturated rings. The van der Waals surface area contributed by atoms with Crippen LogP contribution in [0.3, 0.4) is 0 Å². The molecular formula is C17H29N3O. The zero-order valence-electron chi connectivity index (χ0n) is 13.7. The van der Waals surface area contributed by atoms with Gasteiger partial charge >= 0.3 is 0 Å². The van der Waals surface area contributed by atoms with Crippen molar-refractivity contribution >= 4 is 0 Å². The molecule has 0 aromatic heterocycles. The number of hydrogen-bond acceptors (Lipinski definition) is 4. The first-order valence-corrected chi connectivity index (χ1v) is 7.87. The third kappa shape index (κ3) is 4.43. The maximum absolute atomic E-state index is 6.48. The van der Waals surface area contributed by atoms with Crippen molar-refractivity contribution in [1.82, 2.24) is 9.80 Å². The topological polar surface area (TPSA) is 41.7 Å². The van der Waals surface area contributed by atoms with E-state index in [0.29, 0.717) is 6.04 Å². The van der Waals surface area contributed by atoms with E-state index in [2.05, 4.69) is 30.0 Å². The molecule has 2 atom stereocenters. The van der Waals surface area contributed by atoms with Gasteiger partial charge in [0.1, 0.15) is 5.75 Å². The Hall–Kier alpha value is -1.10. The van der Waals surface area contributed by atoms with Gasteiger partial charge in [-0.15, -0.1) is 0 Å². The zero-order valence-corrected chi connectivity index (χ0v) is 13.7. The van der Waals surface area contributed by atoms with E-state index in [0.717, 1.165) is 37.4 Å². The van der Waals surface area contributed by atoms with E-state index in [-0.39, 0.29) is 12.1 Å². The number of ether oxygens (including phenoxy) is 1. The molecule has 1 aromatic carbocycles. The maximum Gasteiger partial charge on any atom is 0.124 e. The Balaban J connectivity index is 2.07. The lowest BCUT2D eigenvalue weighted by atomic mass is 9.97. The third-order valence-electron chi connectivity index (χ3n) is 4.19. The van der Waals surface area contributed by atoms with Crippen molar-refractivity contribution in [2.45, 2.75) is 38.5 Å². The summed E-state index contributed by atoms with van der Waals surface area (Å²) in [6, 6.07) is 8.68. The molecule has 2 rings (SSSR count). The third-order valence-corrected chi connectivity index (χ3v) is 4.19. The minimum atomic E-state index is 0.0129. The second kappa shape index (κ2) is 7.25. The fourth-order valence-electron chi connectivity index (χ4n) is 2.92. The summed E-state index contributed by atoms with van der Waals surface area (Å²) < 4.78 is 5.90. The molecule has 2 unspecified atom stereocenters. The van der Waals surface area contributed by atoms with Crippen LogP contribution in [0.15, 0.2) is 24.3 Å². The monoisotopic (exact) mass is 291 g/mol. The fraction of sp³-hybridized carbons (Fsp3) is 0.647. The van der Waals surface area contributed by atoms with Crippen LogP contribution in [0.5, 0.6) is 5.75 Å². The molecule has 1 aromatic rings. The molecule has 1 saturated heterocycles. The summed E-state index contributed by atoms with van der Waals surface area (Å²) in [7, 11) is 4.38. The van der Waals surface area contributed by atoms with Crippen LogP contribution < -0.4 is 10.5 Å². The Bertz CT molecular complexity index is 449. The number of nitrogens with zero attached hydrogens (tertiary/aromatic N) is 2. The molecule has 1 aliphatic rings. The predicted octanol–water partition coefficient (Wildman–Crippen LogP) is 2.11. The first kappa shape index (κ1) is 16.3. The second-order valence-corrected chi connectivity index (χ2v) is 6.44. The average Bonchev–Trinajstić information content (AvgIpc) is 2.42. The van der Waals surface area contributed by atoms with Crippen molar-refractivity contribution in [3.63, 3.8) is 0 Å². The number of piperazine rings is 1. The van der Waals surface area contributed by atoms with Gasteiger partial charge in [-0.25, -0.2) is 0 Å². The van der Waals surface area contributed by atoms with Gasteiger partial charge in [0.2, 0.25) is 0 Å². The van der Waals surface area contributed by atoms with Gasteiger partial charge in [0.15, 0.2) is 0 Å². The van der Waals surface area contributed by atoms with E-state index in [4.69, 9.17) is 10.5 Å². The van der Waals surface area contributed by atoms with Gasteiger partial charge in [0, 0.05) is 37.3 Å². The summed E-state index contributed by atoms with van der Waals surface area (Å²) in [4.78, 5) is 4.81. The molecule has 4 nitrogen and oxygen atoms in total. The molecule has 0 spiro atoms. The highest BCUT2D eigenvalue weighted by molar-refractivity contribution is 5.36. The van der Waals surface area contributed by atoms with E-state index >= 15 is 0 Å². The molecule has 0 bridgehead atoms. The Morgan fingerprint density at radius 2 is 1.95 bits per heavy atom. The number of likely N-dealkylation sites (N-methyl/N-ethyl adjacent to an activating group) is 2. The highest BCUT2D eigenvalue weighted by Crippen LogP contribution is 2.28.